The normalized spacial score (nSPS) is 15.6. The molecule has 1 unspecified atom stereocenters. The number of amides is 3. The van der Waals surface area contributed by atoms with E-state index in [2.05, 4.69) is 20.8 Å². The van der Waals surface area contributed by atoms with Gasteiger partial charge < -0.3 is 10.1 Å². The van der Waals surface area contributed by atoms with Gasteiger partial charge in [0.15, 0.2) is 5.16 Å². The Balaban J connectivity index is 1.63. The molecule has 0 bridgehead atoms. The number of hydrogen-bond acceptors (Lipinski definition) is 8. The maximum atomic E-state index is 11.8. The molecule has 1 fully saturated rings. The van der Waals surface area contributed by atoms with Crippen LogP contribution in [0.25, 0.3) is 5.69 Å². The second-order valence-corrected chi connectivity index (χ2v) is 8.22. The maximum absolute atomic E-state index is 11.8. The Kier molecular flexibility index (Phi) is 6.54. The molecular weight excluding hydrogens is 448 g/mol. The second kappa shape index (κ2) is 9.69. The fourth-order valence-corrected chi connectivity index (χ4v) is 4.37. The van der Waals surface area contributed by atoms with Gasteiger partial charge in [0.2, 0.25) is 5.91 Å². The molecule has 0 spiro atoms. The average Bonchev–Trinajstić information content (AvgIpc) is 3.19. The number of imide groups is 1. The number of thioether (sulfide) groups is 1. The Labute approximate surface area is 192 Å². The van der Waals surface area contributed by atoms with Crippen LogP contribution in [0.3, 0.4) is 0 Å². The van der Waals surface area contributed by atoms with E-state index in [0.717, 1.165) is 11.3 Å². The molecule has 3 aromatic rings. The number of methoxy groups -OCH3 is 1. The third-order valence-corrected chi connectivity index (χ3v) is 5.95. The van der Waals surface area contributed by atoms with Crippen LogP contribution in [0.15, 0.2) is 53.7 Å². The number of rotatable bonds is 8. The van der Waals surface area contributed by atoms with E-state index >= 15 is 0 Å². The smallest absolute Gasteiger partial charge is 0.321 e. The molecule has 0 aliphatic carbocycles. The van der Waals surface area contributed by atoms with E-state index in [1.807, 2.05) is 34.9 Å². The first-order valence-corrected chi connectivity index (χ1v) is 11.0. The van der Waals surface area contributed by atoms with Crippen molar-refractivity contribution in [2.75, 3.05) is 7.11 Å². The van der Waals surface area contributed by atoms with Gasteiger partial charge in [0.1, 0.15) is 11.6 Å². The van der Waals surface area contributed by atoms with Crippen LogP contribution in [0.5, 0.6) is 5.75 Å². The van der Waals surface area contributed by atoms with Crippen LogP contribution < -0.4 is 15.4 Å². The van der Waals surface area contributed by atoms with Crippen molar-refractivity contribution >= 4 is 29.4 Å². The molecule has 3 amide bonds. The summed E-state index contributed by atoms with van der Waals surface area (Å²) in [5.41, 5.74) is 1.55. The highest BCUT2D eigenvalue weighted by Gasteiger charge is 2.27. The highest BCUT2D eigenvalue weighted by molar-refractivity contribution is 7.98. The van der Waals surface area contributed by atoms with Gasteiger partial charge in [0.05, 0.1) is 17.7 Å². The van der Waals surface area contributed by atoms with E-state index in [1.165, 1.54) is 23.9 Å². The van der Waals surface area contributed by atoms with Crippen molar-refractivity contribution in [2.24, 2.45) is 0 Å². The average molecular weight is 468 g/mol. The molecule has 1 atom stereocenters. The van der Waals surface area contributed by atoms with Crippen molar-refractivity contribution in [3.8, 4) is 11.4 Å². The third kappa shape index (κ3) is 5.29. The van der Waals surface area contributed by atoms with Gasteiger partial charge in [-0.15, -0.1) is 10.2 Å². The lowest BCUT2D eigenvalue weighted by atomic mass is 10.1. The Morgan fingerprint density at radius 1 is 1.21 bits per heavy atom. The number of hydrogen-bond donors (Lipinski definition) is 2. The van der Waals surface area contributed by atoms with Crippen LogP contribution in [0.4, 0.5) is 10.5 Å². The van der Waals surface area contributed by atoms with E-state index in [1.54, 1.807) is 13.2 Å². The summed E-state index contributed by atoms with van der Waals surface area (Å²) in [7, 11) is 1.57. The molecule has 1 aliphatic heterocycles. The SMILES string of the molecule is COc1cccc(-n2c(CC3CC(=O)NC(=O)N3)nnc2SCc2cccc([N+](=O)[O-])c2)c1. The molecule has 33 heavy (non-hydrogen) atoms. The summed E-state index contributed by atoms with van der Waals surface area (Å²) >= 11 is 1.37. The summed E-state index contributed by atoms with van der Waals surface area (Å²) in [4.78, 5) is 34.1. The Hall–Kier alpha value is -3.93. The molecule has 0 saturated carbocycles. The molecule has 1 aromatic heterocycles. The summed E-state index contributed by atoms with van der Waals surface area (Å²) in [6.07, 6.45) is 0.424. The minimum atomic E-state index is -0.538. The van der Waals surface area contributed by atoms with E-state index in [9.17, 15) is 19.7 Å². The summed E-state index contributed by atoms with van der Waals surface area (Å²) in [6.45, 7) is 0. The predicted molar refractivity (Wildman–Crippen MR) is 119 cm³/mol. The van der Waals surface area contributed by atoms with Gasteiger partial charge in [0.25, 0.3) is 5.69 Å². The van der Waals surface area contributed by atoms with Gasteiger partial charge in [-0.3, -0.25) is 24.8 Å². The minimum absolute atomic E-state index is 0.0226. The van der Waals surface area contributed by atoms with Gasteiger partial charge >= 0.3 is 6.03 Å². The first-order valence-electron chi connectivity index (χ1n) is 9.98. The maximum Gasteiger partial charge on any atom is 0.321 e. The van der Waals surface area contributed by atoms with Crippen LogP contribution in [-0.2, 0) is 17.0 Å². The standard InChI is InChI=1S/C21H20N6O5S/c1-32-17-7-3-5-15(11-17)26-18(9-14-10-19(28)23-20(29)22-14)24-25-21(26)33-12-13-4-2-6-16(8-13)27(30)31/h2-8,11,14H,9-10,12H2,1H3,(H2,22,23,28,29). The lowest BCUT2D eigenvalue weighted by Crippen LogP contribution is -2.53. The van der Waals surface area contributed by atoms with Gasteiger partial charge in [0, 0.05) is 42.8 Å². The zero-order chi connectivity index (χ0) is 23.4. The zero-order valence-electron chi connectivity index (χ0n) is 17.6. The van der Waals surface area contributed by atoms with Crippen molar-refractivity contribution in [3.05, 3.63) is 70.0 Å². The molecule has 4 rings (SSSR count). The van der Waals surface area contributed by atoms with Crippen LogP contribution in [0.2, 0.25) is 0 Å². The van der Waals surface area contributed by atoms with Crippen LogP contribution >= 0.6 is 11.8 Å². The van der Waals surface area contributed by atoms with Crippen molar-refractivity contribution in [3.63, 3.8) is 0 Å². The van der Waals surface area contributed by atoms with Gasteiger partial charge in [-0.1, -0.05) is 30.0 Å². The number of urea groups is 1. The highest BCUT2D eigenvalue weighted by atomic mass is 32.2. The summed E-state index contributed by atoms with van der Waals surface area (Å²) in [5.74, 6) is 1.29. The molecule has 1 aliphatic rings. The second-order valence-electron chi connectivity index (χ2n) is 7.28. The number of benzene rings is 2. The molecule has 1 saturated heterocycles. The molecule has 0 radical (unpaired) electrons. The number of nitrogens with one attached hydrogen (secondary N) is 2. The van der Waals surface area contributed by atoms with Crippen molar-refractivity contribution in [2.45, 2.75) is 29.8 Å². The minimum Gasteiger partial charge on any atom is -0.497 e. The van der Waals surface area contributed by atoms with E-state index in [0.29, 0.717) is 28.9 Å². The summed E-state index contributed by atoms with van der Waals surface area (Å²) in [6, 6.07) is 12.8. The lowest BCUT2D eigenvalue weighted by molar-refractivity contribution is -0.384. The molecule has 170 valence electrons. The van der Waals surface area contributed by atoms with Crippen molar-refractivity contribution < 1.29 is 19.2 Å². The Morgan fingerprint density at radius 3 is 2.79 bits per heavy atom. The number of carbonyl (C=O) groups excluding carboxylic acids is 2. The van der Waals surface area contributed by atoms with Gasteiger partial charge in [-0.05, 0) is 17.7 Å². The molecule has 12 heteroatoms. The van der Waals surface area contributed by atoms with Gasteiger partial charge in [-0.25, -0.2) is 4.79 Å². The predicted octanol–water partition coefficient (Wildman–Crippen LogP) is 2.62. The monoisotopic (exact) mass is 468 g/mol. The number of ether oxygens (including phenoxy) is 1. The largest absolute Gasteiger partial charge is 0.497 e. The van der Waals surface area contributed by atoms with E-state index in [4.69, 9.17) is 4.74 Å². The lowest BCUT2D eigenvalue weighted by Gasteiger charge is -2.23. The van der Waals surface area contributed by atoms with Gasteiger partial charge in [-0.2, -0.15) is 0 Å². The number of nitrogens with zero attached hydrogens (tertiary/aromatic N) is 4. The number of aromatic nitrogens is 3. The number of nitro benzene ring substituents is 1. The fraction of sp³-hybridized carbons (Fsp3) is 0.238. The first-order chi connectivity index (χ1) is 15.9. The topological polar surface area (TPSA) is 141 Å². The van der Waals surface area contributed by atoms with Crippen LogP contribution in [0.1, 0.15) is 17.8 Å². The highest BCUT2D eigenvalue weighted by Crippen LogP contribution is 2.28. The molecule has 11 nitrogen and oxygen atoms in total. The molecule has 2 heterocycles. The summed E-state index contributed by atoms with van der Waals surface area (Å²) < 4.78 is 7.18. The van der Waals surface area contributed by atoms with Crippen LogP contribution in [0, 0.1) is 10.1 Å². The quantitative estimate of drug-likeness (QED) is 0.292. The molecule has 2 aromatic carbocycles. The Bertz CT molecular complexity index is 1200. The van der Waals surface area contributed by atoms with E-state index in [-0.39, 0.29) is 18.0 Å². The first kappa shape index (κ1) is 22.3. The molecule has 2 N–H and O–H groups in total. The number of non-ortho nitro benzene ring substituents is 1. The van der Waals surface area contributed by atoms with E-state index < -0.39 is 17.0 Å². The number of carbonyl (C=O) groups is 2. The fourth-order valence-electron chi connectivity index (χ4n) is 3.46. The van der Waals surface area contributed by atoms with Crippen LogP contribution in [-0.4, -0.2) is 44.8 Å². The van der Waals surface area contributed by atoms with Crippen molar-refractivity contribution in [1.29, 1.82) is 0 Å². The zero-order valence-corrected chi connectivity index (χ0v) is 18.4. The van der Waals surface area contributed by atoms with Crippen molar-refractivity contribution in [1.82, 2.24) is 25.4 Å². The third-order valence-electron chi connectivity index (χ3n) is 4.95. The summed E-state index contributed by atoms with van der Waals surface area (Å²) in [5, 5.41) is 25.2. The Morgan fingerprint density at radius 2 is 2.03 bits per heavy atom. The molecular formula is C21H20N6O5S. The number of nitro groups is 1.